The molecule has 6 heteroatoms. The number of ether oxygens (including phenoxy) is 2. The highest BCUT2D eigenvalue weighted by molar-refractivity contribution is 5.95. The summed E-state index contributed by atoms with van der Waals surface area (Å²) in [5, 5.41) is 2.82. The van der Waals surface area contributed by atoms with Crippen molar-refractivity contribution < 1.29 is 14.3 Å². The molecular formula is C15H25ClN2O3. The monoisotopic (exact) mass is 316 g/mol. The fourth-order valence-corrected chi connectivity index (χ4v) is 1.75. The third-order valence-corrected chi connectivity index (χ3v) is 2.83. The van der Waals surface area contributed by atoms with E-state index in [4.69, 9.17) is 15.2 Å². The van der Waals surface area contributed by atoms with Gasteiger partial charge in [0.05, 0.1) is 18.3 Å². The van der Waals surface area contributed by atoms with E-state index in [0.717, 1.165) is 12.8 Å². The Kier molecular flexibility index (Phi) is 10.7. The van der Waals surface area contributed by atoms with E-state index >= 15 is 0 Å². The van der Waals surface area contributed by atoms with Gasteiger partial charge in [-0.15, -0.1) is 12.4 Å². The van der Waals surface area contributed by atoms with Crippen molar-refractivity contribution in [2.45, 2.75) is 32.2 Å². The van der Waals surface area contributed by atoms with Crippen molar-refractivity contribution >= 4 is 24.0 Å². The van der Waals surface area contributed by atoms with Crippen molar-refractivity contribution in [3.63, 3.8) is 0 Å². The molecule has 0 saturated carbocycles. The number of carbonyl (C=O) groups is 1. The van der Waals surface area contributed by atoms with Crippen LogP contribution >= 0.6 is 12.4 Å². The second-order valence-electron chi connectivity index (χ2n) is 4.58. The molecule has 0 bridgehead atoms. The van der Waals surface area contributed by atoms with E-state index < -0.39 is 6.04 Å². The van der Waals surface area contributed by atoms with Gasteiger partial charge in [0.15, 0.2) is 0 Å². The first-order chi connectivity index (χ1) is 9.69. The first-order valence-corrected chi connectivity index (χ1v) is 6.96. The van der Waals surface area contributed by atoms with Crippen molar-refractivity contribution in [3.05, 3.63) is 24.3 Å². The number of rotatable bonds is 9. The van der Waals surface area contributed by atoms with Crippen LogP contribution in [-0.2, 0) is 9.53 Å². The number of carbonyl (C=O) groups excluding carboxylic acids is 1. The molecule has 1 aromatic carbocycles. The molecule has 3 N–H and O–H groups in total. The van der Waals surface area contributed by atoms with Gasteiger partial charge in [-0.1, -0.05) is 25.5 Å². The van der Waals surface area contributed by atoms with Crippen LogP contribution in [0.4, 0.5) is 5.69 Å². The Morgan fingerprint density at radius 3 is 2.71 bits per heavy atom. The average Bonchev–Trinajstić information content (AvgIpc) is 2.45. The number of hydrogen-bond acceptors (Lipinski definition) is 4. The molecule has 1 atom stereocenters. The minimum atomic E-state index is -0.485. The van der Waals surface area contributed by atoms with E-state index in [0.29, 0.717) is 31.1 Å². The Bertz CT molecular complexity index is 416. The average molecular weight is 317 g/mol. The minimum Gasteiger partial charge on any atom is -0.491 e. The van der Waals surface area contributed by atoms with Crippen molar-refractivity contribution in [1.82, 2.24) is 0 Å². The number of amides is 1. The van der Waals surface area contributed by atoms with Gasteiger partial charge in [-0.3, -0.25) is 4.79 Å². The largest absolute Gasteiger partial charge is 0.491 e. The van der Waals surface area contributed by atoms with Crippen LogP contribution in [0.1, 0.15) is 26.2 Å². The van der Waals surface area contributed by atoms with Crippen LogP contribution in [0.15, 0.2) is 24.3 Å². The zero-order valence-electron chi connectivity index (χ0n) is 12.6. The molecule has 1 rings (SSSR count). The fraction of sp³-hybridized carbons (Fsp3) is 0.533. The number of para-hydroxylation sites is 2. The molecule has 0 heterocycles. The number of nitrogens with one attached hydrogen (secondary N) is 1. The van der Waals surface area contributed by atoms with E-state index in [9.17, 15) is 4.79 Å². The zero-order valence-corrected chi connectivity index (χ0v) is 13.4. The maximum atomic E-state index is 11.9. The normalized spacial score (nSPS) is 11.4. The Balaban J connectivity index is 0.00000400. The second kappa shape index (κ2) is 11.4. The summed E-state index contributed by atoms with van der Waals surface area (Å²) >= 11 is 0. The standard InChI is InChI=1S/C15H24N2O3.ClH/c1-3-7-12(16)15(18)17-13-8-4-5-9-14(13)20-11-6-10-19-2;/h4-5,8-9,12H,3,6-7,10-11,16H2,1-2H3,(H,17,18);1H. The van der Waals surface area contributed by atoms with Crippen molar-refractivity contribution in [2.75, 3.05) is 25.6 Å². The number of methoxy groups -OCH3 is 1. The summed E-state index contributed by atoms with van der Waals surface area (Å²) in [4.78, 5) is 11.9. The highest BCUT2D eigenvalue weighted by Gasteiger charge is 2.14. The van der Waals surface area contributed by atoms with Gasteiger partial charge in [0, 0.05) is 20.1 Å². The van der Waals surface area contributed by atoms with Crippen LogP contribution in [0, 0.1) is 0 Å². The minimum absolute atomic E-state index is 0. The molecule has 120 valence electrons. The number of halogens is 1. The van der Waals surface area contributed by atoms with Crippen molar-refractivity contribution in [3.8, 4) is 5.75 Å². The molecule has 0 spiro atoms. The summed E-state index contributed by atoms with van der Waals surface area (Å²) in [5.74, 6) is 0.473. The van der Waals surface area contributed by atoms with Crippen LogP contribution in [0.2, 0.25) is 0 Å². The lowest BCUT2D eigenvalue weighted by molar-refractivity contribution is -0.117. The number of hydrogen-bond donors (Lipinski definition) is 2. The third kappa shape index (κ3) is 7.32. The van der Waals surface area contributed by atoms with Crippen molar-refractivity contribution in [2.24, 2.45) is 5.73 Å². The van der Waals surface area contributed by atoms with Gasteiger partial charge in [0.2, 0.25) is 5.91 Å². The molecule has 0 fully saturated rings. The molecule has 0 saturated heterocycles. The summed E-state index contributed by atoms with van der Waals surface area (Å²) in [6, 6.07) is 6.87. The zero-order chi connectivity index (χ0) is 14.8. The first kappa shape index (κ1) is 19.7. The van der Waals surface area contributed by atoms with E-state index in [-0.39, 0.29) is 18.3 Å². The molecule has 0 radical (unpaired) electrons. The van der Waals surface area contributed by atoms with Crippen LogP contribution in [0.3, 0.4) is 0 Å². The number of benzene rings is 1. The quantitative estimate of drug-likeness (QED) is 0.687. The predicted molar refractivity (Wildman–Crippen MR) is 87.2 cm³/mol. The first-order valence-electron chi connectivity index (χ1n) is 6.96. The fourth-order valence-electron chi connectivity index (χ4n) is 1.75. The van der Waals surface area contributed by atoms with E-state index in [1.54, 1.807) is 7.11 Å². The molecule has 5 nitrogen and oxygen atoms in total. The SMILES string of the molecule is CCCC(N)C(=O)Nc1ccccc1OCCCOC.Cl. The topological polar surface area (TPSA) is 73.6 Å². The predicted octanol–water partition coefficient (Wildman–Crippen LogP) is 2.59. The lowest BCUT2D eigenvalue weighted by atomic mass is 10.1. The summed E-state index contributed by atoms with van der Waals surface area (Å²) in [7, 11) is 1.66. The van der Waals surface area contributed by atoms with Gasteiger partial charge in [0.25, 0.3) is 0 Å². The van der Waals surface area contributed by atoms with Gasteiger partial charge in [0.1, 0.15) is 5.75 Å². The van der Waals surface area contributed by atoms with E-state index in [2.05, 4.69) is 5.32 Å². The molecule has 1 aromatic rings. The Morgan fingerprint density at radius 2 is 2.05 bits per heavy atom. The summed E-state index contributed by atoms with van der Waals surface area (Å²) in [6.07, 6.45) is 2.35. The molecule has 0 aliphatic rings. The highest BCUT2D eigenvalue weighted by Crippen LogP contribution is 2.24. The Morgan fingerprint density at radius 1 is 1.33 bits per heavy atom. The number of anilines is 1. The summed E-state index contributed by atoms with van der Waals surface area (Å²) in [6.45, 7) is 3.19. The van der Waals surface area contributed by atoms with Gasteiger partial charge in [-0.05, 0) is 18.6 Å². The molecule has 21 heavy (non-hydrogen) atoms. The molecule has 1 amide bonds. The molecule has 1 unspecified atom stereocenters. The lowest BCUT2D eigenvalue weighted by Crippen LogP contribution is -2.35. The lowest BCUT2D eigenvalue weighted by Gasteiger charge is -2.15. The summed E-state index contributed by atoms with van der Waals surface area (Å²) < 4.78 is 10.6. The van der Waals surface area contributed by atoms with Gasteiger partial charge >= 0.3 is 0 Å². The molecular weight excluding hydrogens is 292 g/mol. The van der Waals surface area contributed by atoms with Gasteiger partial charge < -0.3 is 20.5 Å². The maximum Gasteiger partial charge on any atom is 0.241 e. The van der Waals surface area contributed by atoms with Gasteiger partial charge in [-0.2, -0.15) is 0 Å². The van der Waals surface area contributed by atoms with Crippen molar-refractivity contribution in [1.29, 1.82) is 0 Å². The van der Waals surface area contributed by atoms with E-state index in [1.165, 1.54) is 0 Å². The Labute approximate surface area is 132 Å². The van der Waals surface area contributed by atoms with Crippen LogP contribution in [0.5, 0.6) is 5.75 Å². The maximum absolute atomic E-state index is 11.9. The smallest absolute Gasteiger partial charge is 0.241 e. The highest BCUT2D eigenvalue weighted by atomic mass is 35.5. The third-order valence-electron chi connectivity index (χ3n) is 2.83. The van der Waals surface area contributed by atoms with Crippen LogP contribution in [0.25, 0.3) is 0 Å². The molecule has 0 aliphatic carbocycles. The van der Waals surface area contributed by atoms with E-state index in [1.807, 2.05) is 31.2 Å². The second-order valence-corrected chi connectivity index (χ2v) is 4.58. The van der Waals surface area contributed by atoms with Crippen LogP contribution < -0.4 is 15.8 Å². The van der Waals surface area contributed by atoms with Crippen LogP contribution in [-0.4, -0.2) is 32.3 Å². The Hall–Kier alpha value is -1.30. The molecule has 0 aliphatic heterocycles. The van der Waals surface area contributed by atoms with Gasteiger partial charge in [-0.25, -0.2) is 0 Å². The molecule has 0 aromatic heterocycles. The number of nitrogens with two attached hydrogens (primary N) is 1. The summed E-state index contributed by atoms with van der Waals surface area (Å²) in [5.41, 5.74) is 6.45.